The zero-order valence-corrected chi connectivity index (χ0v) is 13.5. The lowest BCUT2D eigenvalue weighted by molar-refractivity contribution is 0.468. The maximum absolute atomic E-state index is 9.98. The largest absolute Gasteiger partial charge is 0.508 e. The molecule has 2 aromatic rings. The van der Waals surface area contributed by atoms with E-state index in [1.165, 1.54) is 0 Å². The molecule has 0 aliphatic carbocycles. The quantitative estimate of drug-likeness (QED) is 0.656. The summed E-state index contributed by atoms with van der Waals surface area (Å²) in [4.78, 5) is 0. The first-order chi connectivity index (χ1) is 8.09. The van der Waals surface area contributed by atoms with Crippen molar-refractivity contribution in [1.29, 1.82) is 0 Å². The van der Waals surface area contributed by atoms with E-state index in [1.54, 1.807) is 6.07 Å². The molecule has 88 valence electrons. The summed E-state index contributed by atoms with van der Waals surface area (Å²) in [5.74, 6) is 0.288. The SMILES string of the molecule is Oc1cc(Br)c(Br)c(Br)c1Cc1ccccc1. The van der Waals surface area contributed by atoms with Crippen LogP contribution in [0.2, 0.25) is 0 Å². The minimum Gasteiger partial charge on any atom is -0.508 e. The van der Waals surface area contributed by atoms with Gasteiger partial charge in [0.05, 0.1) is 0 Å². The van der Waals surface area contributed by atoms with E-state index in [1.807, 2.05) is 30.3 Å². The number of rotatable bonds is 2. The van der Waals surface area contributed by atoms with Crippen LogP contribution in [0.3, 0.4) is 0 Å². The van der Waals surface area contributed by atoms with Gasteiger partial charge in [0, 0.05) is 25.4 Å². The molecule has 0 amide bonds. The predicted octanol–water partition coefficient (Wildman–Crippen LogP) is 5.27. The Kier molecular flexibility index (Phi) is 4.28. The van der Waals surface area contributed by atoms with Crippen molar-refractivity contribution < 1.29 is 5.11 Å². The molecule has 0 saturated heterocycles. The van der Waals surface area contributed by atoms with Crippen LogP contribution in [0.25, 0.3) is 0 Å². The van der Waals surface area contributed by atoms with E-state index in [0.29, 0.717) is 6.42 Å². The average molecular weight is 421 g/mol. The van der Waals surface area contributed by atoms with Gasteiger partial charge < -0.3 is 5.11 Å². The standard InChI is InChI=1S/C13H9Br3O/c14-10-7-11(17)9(12(15)13(10)16)6-8-4-2-1-3-5-8/h1-5,7,17H,6H2. The molecule has 1 N–H and O–H groups in total. The van der Waals surface area contributed by atoms with Gasteiger partial charge in [0.1, 0.15) is 5.75 Å². The van der Waals surface area contributed by atoms with Gasteiger partial charge in [-0.1, -0.05) is 30.3 Å². The van der Waals surface area contributed by atoms with Crippen molar-refractivity contribution in [2.24, 2.45) is 0 Å². The molecule has 0 aliphatic rings. The third-order valence-corrected chi connectivity index (χ3v) is 5.85. The van der Waals surface area contributed by atoms with Crippen LogP contribution in [0.1, 0.15) is 11.1 Å². The molecule has 0 radical (unpaired) electrons. The molecule has 17 heavy (non-hydrogen) atoms. The van der Waals surface area contributed by atoms with Crippen molar-refractivity contribution in [2.45, 2.75) is 6.42 Å². The minimum absolute atomic E-state index is 0.288. The summed E-state index contributed by atoms with van der Waals surface area (Å²) in [7, 11) is 0. The van der Waals surface area contributed by atoms with Gasteiger partial charge in [-0.3, -0.25) is 0 Å². The fraction of sp³-hybridized carbons (Fsp3) is 0.0769. The Balaban J connectivity index is 2.43. The summed E-state index contributed by atoms with van der Waals surface area (Å²) in [5.41, 5.74) is 2.05. The first-order valence-electron chi connectivity index (χ1n) is 4.99. The summed E-state index contributed by atoms with van der Waals surface area (Å²) < 4.78 is 2.63. The molecule has 2 aromatic carbocycles. The lowest BCUT2D eigenvalue weighted by atomic mass is 10.0. The van der Waals surface area contributed by atoms with Crippen molar-refractivity contribution in [3.8, 4) is 5.75 Å². The highest BCUT2D eigenvalue weighted by molar-refractivity contribution is 9.14. The molecule has 0 unspecified atom stereocenters. The molecule has 0 aromatic heterocycles. The van der Waals surface area contributed by atoms with E-state index >= 15 is 0 Å². The molecule has 1 nitrogen and oxygen atoms in total. The van der Waals surface area contributed by atoms with E-state index in [4.69, 9.17) is 0 Å². The summed E-state index contributed by atoms with van der Waals surface area (Å²) in [6.07, 6.45) is 0.694. The number of phenolic OH excluding ortho intramolecular Hbond substituents is 1. The molecule has 0 bridgehead atoms. The zero-order chi connectivity index (χ0) is 12.4. The van der Waals surface area contributed by atoms with Crippen molar-refractivity contribution >= 4 is 47.8 Å². The van der Waals surface area contributed by atoms with E-state index in [0.717, 1.165) is 24.5 Å². The molecule has 0 aliphatic heterocycles. The number of hydrogen-bond acceptors (Lipinski definition) is 1. The number of phenols is 1. The molecule has 0 saturated carbocycles. The van der Waals surface area contributed by atoms with Gasteiger partial charge in [0.25, 0.3) is 0 Å². The van der Waals surface area contributed by atoms with Crippen molar-refractivity contribution in [3.63, 3.8) is 0 Å². The molecule has 0 spiro atoms. The van der Waals surface area contributed by atoms with Crippen molar-refractivity contribution in [2.75, 3.05) is 0 Å². The highest BCUT2D eigenvalue weighted by Gasteiger charge is 2.13. The average Bonchev–Trinajstić information content (AvgIpc) is 2.33. The molecule has 2 rings (SSSR count). The Morgan fingerprint density at radius 3 is 2.24 bits per heavy atom. The topological polar surface area (TPSA) is 20.2 Å². The van der Waals surface area contributed by atoms with Crippen molar-refractivity contribution in [3.05, 3.63) is 60.9 Å². The summed E-state index contributed by atoms with van der Waals surface area (Å²) in [6.45, 7) is 0. The molecule has 0 heterocycles. The van der Waals surface area contributed by atoms with E-state index < -0.39 is 0 Å². The normalized spacial score (nSPS) is 10.5. The van der Waals surface area contributed by atoms with Gasteiger partial charge in [-0.15, -0.1) is 0 Å². The van der Waals surface area contributed by atoms with Crippen LogP contribution in [-0.2, 0) is 6.42 Å². The van der Waals surface area contributed by atoms with Crippen LogP contribution in [0, 0.1) is 0 Å². The zero-order valence-electron chi connectivity index (χ0n) is 8.75. The number of hydrogen-bond donors (Lipinski definition) is 1. The number of aromatic hydroxyl groups is 1. The lowest BCUT2D eigenvalue weighted by Gasteiger charge is -2.10. The fourth-order valence-electron chi connectivity index (χ4n) is 1.59. The van der Waals surface area contributed by atoms with E-state index in [-0.39, 0.29) is 5.75 Å². The molecule has 4 heteroatoms. The fourth-order valence-corrected chi connectivity index (χ4v) is 3.18. The van der Waals surface area contributed by atoms with Crippen LogP contribution in [-0.4, -0.2) is 5.11 Å². The second-order valence-electron chi connectivity index (χ2n) is 3.65. The van der Waals surface area contributed by atoms with E-state index in [2.05, 4.69) is 47.8 Å². The first kappa shape index (κ1) is 13.1. The van der Waals surface area contributed by atoms with E-state index in [9.17, 15) is 5.11 Å². The Bertz CT molecular complexity index is 538. The maximum atomic E-state index is 9.98. The second kappa shape index (κ2) is 5.55. The number of benzene rings is 2. The van der Waals surface area contributed by atoms with Gasteiger partial charge >= 0.3 is 0 Å². The van der Waals surface area contributed by atoms with Crippen LogP contribution < -0.4 is 0 Å². The number of halogens is 3. The Morgan fingerprint density at radius 1 is 0.941 bits per heavy atom. The molecular weight excluding hydrogens is 412 g/mol. The third-order valence-electron chi connectivity index (χ3n) is 2.46. The first-order valence-corrected chi connectivity index (χ1v) is 7.36. The molecule has 0 atom stereocenters. The van der Waals surface area contributed by atoms with Crippen LogP contribution in [0.5, 0.6) is 5.75 Å². The van der Waals surface area contributed by atoms with Gasteiger partial charge in [0.2, 0.25) is 0 Å². The Hall–Kier alpha value is -0.320. The van der Waals surface area contributed by atoms with Gasteiger partial charge in [-0.25, -0.2) is 0 Å². The van der Waals surface area contributed by atoms with Crippen molar-refractivity contribution in [1.82, 2.24) is 0 Å². The van der Waals surface area contributed by atoms with Gasteiger partial charge in [-0.05, 0) is 59.4 Å². The highest BCUT2D eigenvalue weighted by Crippen LogP contribution is 2.39. The monoisotopic (exact) mass is 418 g/mol. The van der Waals surface area contributed by atoms with Gasteiger partial charge in [-0.2, -0.15) is 0 Å². The summed E-state index contributed by atoms with van der Waals surface area (Å²) in [5, 5.41) is 9.98. The highest BCUT2D eigenvalue weighted by atomic mass is 79.9. The van der Waals surface area contributed by atoms with Gasteiger partial charge in [0.15, 0.2) is 0 Å². The maximum Gasteiger partial charge on any atom is 0.121 e. The Morgan fingerprint density at radius 2 is 1.59 bits per heavy atom. The van der Waals surface area contributed by atoms with Crippen LogP contribution >= 0.6 is 47.8 Å². The third kappa shape index (κ3) is 2.92. The molecule has 0 fully saturated rings. The summed E-state index contributed by atoms with van der Waals surface area (Å²) in [6, 6.07) is 11.8. The predicted molar refractivity (Wildman–Crippen MR) is 80.5 cm³/mol. The molecular formula is C13H9Br3O. The minimum atomic E-state index is 0.288. The lowest BCUT2D eigenvalue weighted by Crippen LogP contribution is -1.92. The Labute approximate surface area is 125 Å². The second-order valence-corrected chi connectivity index (χ2v) is 6.09. The van der Waals surface area contributed by atoms with Crippen LogP contribution in [0.15, 0.2) is 49.8 Å². The smallest absolute Gasteiger partial charge is 0.121 e. The summed E-state index contributed by atoms with van der Waals surface area (Å²) >= 11 is 10.4. The van der Waals surface area contributed by atoms with Crippen LogP contribution in [0.4, 0.5) is 0 Å².